The van der Waals surface area contributed by atoms with Crippen molar-refractivity contribution in [1.29, 1.82) is 0 Å². The van der Waals surface area contributed by atoms with Gasteiger partial charge in [0.25, 0.3) is 0 Å². The Hall–Kier alpha value is -1.06. The maximum atomic E-state index is 6.60. The molecule has 2 aromatic carbocycles. The van der Waals surface area contributed by atoms with Crippen molar-refractivity contribution in [2.24, 2.45) is 0 Å². The average Bonchev–Trinajstić information content (AvgIpc) is 2.56. The highest BCUT2D eigenvalue weighted by Crippen LogP contribution is 2.58. The van der Waals surface area contributed by atoms with Gasteiger partial charge in [0.05, 0.1) is 20.7 Å². The van der Waals surface area contributed by atoms with Crippen molar-refractivity contribution in [2.45, 2.75) is 24.4 Å². The van der Waals surface area contributed by atoms with Gasteiger partial charge in [-0.15, -0.1) is 0 Å². The summed E-state index contributed by atoms with van der Waals surface area (Å²) in [5, 5.41) is 0.882. The van der Waals surface area contributed by atoms with Crippen LogP contribution in [0.2, 0.25) is 5.02 Å². The summed E-state index contributed by atoms with van der Waals surface area (Å²) in [4.78, 5) is 1.41. The maximum absolute atomic E-state index is 6.60. The van der Waals surface area contributed by atoms with Gasteiger partial charge in [-0.25, -0.2) is 0 Å². The number of nitrogens with one attached hydrogen (secondary N) is 1. The molecular formula is C20H23Cl2NO. The quantitative estimate of drug-likeness (QED) is 0.806. The number of ether oxygens (including phenoxy) is 1. The van der Waals surface area contributed by atoms with Crippen molar-refractivity contribution in [2.75, 3.05) is 27.2 Å². The fourth-order valence-electron chi connectivity index (χ4n) is 4.29. The largest absolute Gasteiger partial charge is 1.00 e. The maximum Gasteiger partial charge on any atom is 0.119 e. The second kappa shape index (κ2) is 6.68. The van der Waals surface area contributed by atoms with Gasteiger partial charge < -0.3 is 22.0 Å². The Kier molecular flexibility index (Phi) is 4.94. The molecule has 24 heavy (non-hydrogen) atoms. The van der Waals surface area contributed by atoms with E-state index in [1.165, 1.54) is 27.2 Å². The molecule has 2 aromatic rings. The van der Waals surface area contributed by atoms with Crippen molar-refractivity contribution in [1.82, 2.24) is 0 Å². The molecule has 0 amide bonds. The number of quaternary nitrogens is 1. The summed E-state index contributed by atoms with van der Waals surface area (Å²) in [5.74, 6) is 0.417. The van der Waals surface area contributed by atoms with Crippen LogP contribution in [0.4, 0.5) is 0 Å². The van der Waals surface area contributed by atoms with Gasteiger partial charge in [0.2, 0.25) is 0 Å². The number of likely N-dealkylation sites (N-methyl/N-ethyl adjacent to an activating group) is 1. The standard InChI is InChI=1S/C20H22ClNO.ClH/c1-22(2)12-13-23-20-11-10-15(14-6-3-4-7-16(14)20)19-17(20)8-5-9-18(19)21;/h3-9,15H,10-13H2,1-2H3;1H. The van der Waals surface area contributed by atoms with Crippen LogP contribution < -0.4 is 17.3 Å². The van der Waals surface area contributed by atoms with Crippen LogP contribution in [0.25, 0.3) is 0 Å². The van der Waals surface area contributed by atoms with E-state index in [9.17, 15) is 0 Å². The fourth-order valence-corrected chi connectivity index (χ4v) is 4.59. The molecule has 2 unspecified atom stereocenters. The molecule has 0 saturated carbocycles. The van der Waals surface area contributed by atoms with Crippen molar-refractivity contribution >= 4 is 11.6 Å². The highest BCUT2D eigenvalue weighted by Gasteiger charge is 2.49. The van der Waals surface area contributed by atoms with Crippen molar-refractivity contribution in [3.8, 4) is 0 Å². The molecular weight excluding hydrogens is 341 g/mol. The third-order valence-corrected chi connectivity index (χ3v) is 5.67. The molecule has 0 saturated heterocycles. The molecule has 2 atom stereocenters. The molecule has 0 heterocycles. The van der Waals surface area contributed by atoms with E-state index in [0.29, 0.717) is 5.92 Å². The average molecular weight is 364 g/mol. The molecule has 128 valence electrons. The second-order valence-corrected chi connectivity index (χ2v) is 7.42. The Bertz CT molecular complexity index is 746. The van der Waals surface area contributed by atoms with E-state index in [4.69, 9.17) is 16.3 Å². The zero-order valence-electron chi connectivity index (χ0n) is 14.1. The predicted octanol–water partition coefficient (Wildman–Crippen LogP) is -0.0122. The lowest BCUT2D eigenvalue weighted by Gasteiger charge is -2.49. The number of benzene rings is 2. The first-order chi connectivity index (χ1) is 11.1. The minimum Gasteiger partial charge on any atom is -1.00 e. The molecule has 4 heteroatoms. The summed E-state index contributed by atoms with van der Waals surface area (Å²) in [6.07, 6.45) is 2.16. The van der Waals surface area contributed by atoms with E-state index < -0.39 is 0 Å². The van der Waals surface area contributed by atoms with E-state index in [-0.39, 0.29) is 18.0 Å². The highest BCUT2D eigenvalue weighted by atomic mass is 35.5. The molecule has 2 bridgehead atoms. The lowest BCUT2D eigenvalue weighted by molar-refractivity contribution is -0.859. The predicted molar refractivity (Wildman–Crippen MR) is 93.4 cm³/mol. The molecule has 3 aliphatic rings. The smallest absolute Gasteiger partial charge is 0.119 e. The minimum atomic E-state index is -0.318. The van der Waals surface area contributed by atoms with Gasteiger partial charge in [-0.1, -0.05) is 48.0 Å². The van der Waals surface area contributed by atoms with E-state index in [2.05, 4.69) is 50.5 Å². The van der Waals surface area contributed by atoms with E-state index in [1.807, 2.05) is 6.07 Å². The van der Waals surface area contributed by atoms with Gasteiger partial charge in [-0.2, -0.15) is 0 Å². The fraction of sp³-hybridized carbons (Fsp3) is 0.400. The third-order valence-electron chi connectivity index (χ3n) is 5.34. The van der Waals surface area contributed by atoms with Gasteiger partial charge >= 0.3 is 0 Å². The molecule has 2 nitrogen and oxygen atoms in total. The van der Waals surface area contributed by atoms with Gasteiger partial charge in [-0.05, 0) is 41.2 Å². The van der Waals surface area contributed by atoms with Crippen LogP contribution in [0, 0.1) is 0 Å². The Balaban J connectivity index is 0.00000169. The van der Waals surface area contributed by atoms with Gasteiger partial charge in [0.1, 0.15) is 12.1 Å². The molecule has 3 aliphatic carbocycles. The van der Waals surface area contributed by atoms with Crippen molar-refractivity contribution in [3.05, 3.63) is 69.7 Å². The summed E-state index contributed by atoms with van der Waals surface area (Å²) in [5.41, 5.74) is 5.00. The Morgan fingerprint density at radius 3 is 2.67 bits per heavy atom. The monoisotopic (exact) mass is 363 g/mol. The van der Waals surface area contributed by atoms with Crippen LogP contribution in [0.1, 0.15) is 41.0 Å². The number of fused-ring (bicyclic) bond motifs is 1. The van der Waals surface area contributed by atoms with Crippen LogP contribution in [-0.2, 0) is 10.3 Å². The molecule has 0 aliphatic heterocycles. The molecule has 1 N–H and O–H groups in total. The number of rotatable bonds is 4. The number of hydrogen-bond donors (Lipinski definition) is 1. The molecule has 0 radical (unpaired) electrons. The van der Waals surface area contributed by atoms with Gasteiger partial charge in [0.15, 0.2) is 0 Å². The summed E-state index contributed by atoms with van der Waals surface area (Å²) < 4.78 is 6.60. The summed E-state index contributed by atoms with van der Waals surface area (Å²) in [6.45, 7) is 1.76. The summed E-state index contributed by atoms with van der Waals surface area (Å²) in [6, 6.07) is 15.0. The highest BCUT2D eigenvalue weighted by molar-refractivity contribution is 6.31. The third kappa shape index (κ3) is 2.57. The molecule has 0 spiro atoms. The first-order valence-electron chi connectivity index (χ1n) is 8.45. The zero-order chi connectivity index (χ0) is 16.0. The van der Waals surface area contributed by atoms with Crippen LogP contribution in [0.3, 0.4) is 0 Å². The van der Waals surface area contributed by atoms with E-state index >= 15 is 0 Å². The first kappa shape index (κ1) is 17.8. The minimum absolute atomic E-state index is 0. The Morgan fingerprint density at radius 2 is 1.88 bits per heavy atom. The van der Waals surface area contributed by atoms with Crippen LogP contribution in [0.15, 0.2) is 42.5 Å². The molecule has 5 rings (SSSR count). The first-order valence-corrected chi connectivity index (χ1v) is 8.82. The lowest BCUT2D eigenvalue weighted by Crippen LogP contribution is -3.06. The SMILES string of the molecule is C[NH+](C)CCOC12CCC(c3ccccc31)c1c(Cl)cccc12.[Cl-]. The lowest BCUT2D eigenvalue weighted by atomic mass is 9.61. The van der Waals surface area contributed by atoms with Crippen LogP contribution in [0.5, 0.6) is 0 Å². The molecule has 0 fully saturated rings. The van der Waals surface area contributed by atoms with E-state index in [1.54, 1.807) is 0 Å². The van der Waals surface area contributed by atoms with Crippen LogP contribution in [-0.4, -0.2) is 27.2 Å². The second-order valence-electron chi connectivity index (χ2n) is 7.01. The Labute approximate surface area is 155 Å². The summed E-state index contributed by atoms with van der Waals surface area (Å²) in [7, 11) is 4.33. The normalized spacial score (nSPS) is 23.6. The summed E-state index contributed by atoms with van der Waals surface area (Å²) >= 11 is 6.59. The van der Waals surface area contributed by atoms with Crippen LogP contribution >= 0.6 is 11.6 Å². The molecule has 0 aromatic heterocycles. The van der Waals surface area contributed by atoms with E-state index in [0.717, 1.165) is 31.0 Å². The van der Waals surface area contributed by atoms with Gasteiger partial charge in [-0.3, -0.25) is 0 Å². The number of halogens is 2. The Morgan fingerprint density at radius 1 is 1.12 bits per heavy atom. The zero-order valence-corrected chi connectivity index (χ0v) is 15.6. The van der Waals surface area contributed by atoms with Crippen molar-refractivity contribution < 1.29 is 22.0 Å². The topological polar surface area (TPSA) is 13.7 Å². The van der Waals surface area contributed by atoms with Gasteiger partial charge in [0, 0.05) is 10.9 Å². The number of hydrogen-bond acceptors (Lipinski definition) is 1. The van der Waals surface area contributed by atoms with Crippen molar-refractivity contribution in [3.63, 3.8) is 0 Å².